The highest BCUT2D eigenvalue weighted by Gasteiger charge is 2.21. The van der Waals surface area contributed by atoms with Gasteiger partial charge in [0.15, 0.2) is 0 Å². The number of hydrogen-bond acceptors (Lipinski definition) is 3. The van der Waals surface area contributed by atoms with Crippen LogP contribution in [0.3, 0.4) is 0 Å². The predicted molar refractivity (Wildman–Crippen MR) is 88.6 cm³/mol. The first-order valence-corrected chi connectivity index (χ1v) is 8.44. The molecule has 5 nitrogen and oxygen atoms in total. The molecule has 2 aromatic heterocycles. The molecular weight excluding hydrogens is 274 g/mol. The fourth-order valence-electron chi connectivity index (χ4n) is 3.24. The minimum atomic E-state index is 0.543. The molecule has 1 atom stereocenters. The first-order chi connectivity index (χ1) is 10.7. The first-order valence-electron chi connectivity index (χ1n) is 8.44. The van der Waals surface area contributed by atoms with E-state index in [2.05, 4.69) is 46.5 Å². The van der Waals surface area contributed by atoms with Crippen LogP contribution in [0.4, 0.5) is 0 Å². The fourth-order valence-corrected chi connectivity index (χ4v) is 3.24. The van der Waals surface area contributed by atoms with Gasteiger partial charge in [0.05, 0.1) is 24.4 Å². The molecule has 1 fully saturated rings. The van der Waals surface area contributed by atoms with Crippen molar-refractivity contribution in [2.45, 2.75) is 52.7 Å². The predicted octanol–water partition coefficient (Wildman–Crippen LogP) is 2.89. The van der Waals surface area contributed by atoms with Crippen molar-refractivity contribution in [3.8, 4) is 11.3 Å². The van der Waals surface area contributed by atoms with Gasteiger partial charge in [-0.3, -0.25) is 9.58 Å². The molecule has 120 valence electrons. The van der Waals surface area contributed by atoms with Gasteiger partial charge in [0.2, 0.25) is 0 Å². The molecule has 5 heteroatoms. The molecule has 3 rings (SSSR count). The molecule has 1 saturated heterocycles. The highest BCUT2D eigenvalue weighted by Crippen LogP contribution is 2.22. The average Bonchev–Trinajstić information content (AvgIpc) is 3.16. The van der Waals surface area contributed by atoms with Crippen molar-refractivity contribution in [1.82, 2.24) is 24.2 Å². The molecule has 0 aromatic carbocycles. The summed E-state index contributed by atoms with van der Waals surface area (Å²) in [5.41, 5.74) is 2.32. The third-order valence-corrected chi connectivity index (χ3v) is 4.87. The zero-order valence-electron chi connectivity index (χ0n) is 13.9. The molecule has 2 aromatic rings. The summed E-state index contributed by atoms with van der Waals surface area (Å²) in [6.45, 7) is 11.1. The summed E-state index contributed by atoms with van der Waals surface area (Å²) in [5, 5.41) is 4.37. The Hall–Kier alpha value is -1.62. The summed E-state index contributed by atoms with van der Waals surface area (Å²) in [7, 11) is 0. The Bertz CT molecular complexity index is 592. The van der Waals surface area contributed by atoms with E-state index in [4.69, 9.17) is 0 Å². The molecule has 0 spiro atoms. The number of rotatable bonds is 5. The Balaban J connectivity index is 1.69. The van der Waals surface area contributed by atoms with E-state index in [0.717, 1.165) is 30.3 Å². The van der Waals surface area contributed by atoms with Gasteiger partial charge in [-0.2, -0.15) is 5.10 Å². The van der Waals surface area contributed by atoms with Crippen molar-refractivity contribution in [3.63, 3.8) is 0 Å². The zero-order valence-corrected chi connectivity index (χ0v) is 13.9. The van der Waals surface area contributed by atoms with Gasteiger partial charge in [-0.25, -0.2) is 4.98 Å². The number of hydrogen-bond donors (Lipinski definition) is 0. The summed E-state index contributed by atoms with van der Waals surface area (Å²) < 4.78 is 4.22. The highest BCUT2D eigenvalue weighted by atomic mass is 15.3. The summed E-state index contributed by atoms with van der Waals surface area (Å²) in [6, 6.07) is 0.543. The molecule has 1 aliphatic heterocycles. The Morgan fingerprint density at radius 2 is 2.05 bits per heavy atom. The summed E-state index contributed by atoms with van der Waals surface area (Å²) in [4.78, 5) is 6.96. The second-order valence-corrected chi connectivity index (χ2v) is 6.58. The Morgan fingerprint density at radius 3 is 2.73 bits per heavy atom. The number of nitrogens with zero attached hydrogens (tertiary/aromatic N) is 5. The van der Waals surface area contributed by atoms with E-state index in [1.165, 1.54) is 25.9 Å². The minimum Gasteiger partial charge on any atom is -0.329 e. The van der Waals surface area contributed by atoms with E-state index in [9.17, 15) is 0 Å². The molecule has 0 radical (unpaired) electrons. The monoisotopic (exact) mass is 301 g/mol. The van der Waals surface area contributed by atoms with Gasteiger partial charge in [-0.1, -0.05) is 6.92 Å². The number of piperidine rings is 1. The van der Waals surface area contributed by atoms with Crippen molar-refractivity contribution in [3.05, 3.63) is 24.9 Å². The molecule has 0 amide bonds. The van der Waals surface area contributed by atoms with Crippen LogP contribution in [0.15, 0.2) is 24.9 Å². The summed E-state index contributed by atoms with van der Waals surface area (Å²) in [6.07, 6.45) is 10.6. The number of imidazole rings is 1. The number of likely N-dealkylation sites (tertiary alicyclic amines) is 1. The summed E-state index contributed by atoms with van der Waals surface area (Å²) >= 11 is 0. The Kier molecular flexibility index (Phi) is 4.62. The third-order valence-electron chi connectivity index (χ3n) is 4.87. The molecule has 0 aliphatic carbocycles. The molecule has 22 heavy (non-hydrogen) atoms. The minimum absolute atomic E-state index is 0.543. The van der Waals surface area contributed by atoms with Crippen LogP contribution < -0.4 is 0 Å². The van der Waals surface area contributed by atoms with Crippen LogP contribution in [-0.2, 0) is 13.1 Å². The molecule has 1 aliphatic rings. The van der Waals surface area contributed by atoms with E-state index < -0.39 is 0 Å². The van der Waals surface area contributed by atoms with Crippen LogP contribution in [0.25, 0.3) is 11.3 Å². The quantitative estimate of drug-likeness (QED) is 0.852. The highest BCUT2D eigenvalue weighted by molar-refractivity contribution is 5.56. The molecule has 0 saturated carbocycles. The van der Waals surface area contributed by atoms with E-state index >= 15 is 0 Å². The third kappa shape index (κ3) is 3.24. The lowest BCUT2D eigenvalue weighted by atomic mass is 9.98. The molecule has 3 heterocycles. The lowest BCUT2D eigenvalue weighted by molar-refractivity contribution is 0.135. The van der Waals surface area contributed by atoms with E-state index in [1.54, 1.807) is 0 Å². The van der Waals surface area contributed by atoms with Gasteiger partial charge in [-0.15, -0.1) is 0 Å². The van der Waals surface area contributed by atoms with Crippen molar-refractivity contribution < 1.29 is 0 Å². The van der Waals surface area contributed by atoms with E-state index in [0.29, 0.717) is 6.04 Å². The smallest absolute Gasteiger partial charge is 0.0951 e. The number of aryl methyl sites for hydroxylation is 1. The fraction of sp³-hybridized carbons (Fsp3) is 0.647. The largest absolute Gasteiger partial charge is 0.329 e. The Morgan fingerprint density at radius 1 is 1.27 bits per heavy atom. The van der Waals surface area contributed by atoms with Crippen LogP contribution in [0.2, 0.25) is 0 Å². The lowest BCUT2D eigenvalue weighted by Crippen LogP contribution is -2.41. The molecule has 0 N–H and O–H groups in total. The van der Waals surface area contributed by atoms with Crippen LogP contribution >= 0.6 is 0 Å². The van der Waals surface area contributed by atoms with Gasteiger partial charge in [0.1, 0.15) is 0 Å². The van der Waals surface area contributed by atoms with Crippen LogP contribution in [0, 0.1) is 5.92 Å². The SMILES string of the molecule is CCn1cc(-c2cncn2C[C@@H](C)N2CCC(C)CC2)cn1. The van der Waals surface area contributed by atoms with Crippen LogP contribution in [-0.4, -0.2) is 43.4 Å². The van der Waals surface area contributed by atoms with Crippen molar-refractivity contribution in [2.75, 3.05) is 13.1 Å². The van der Waals surface area contributed by atoms with Crippen molar-refractivity contribution in [2.24, 2.45) is 5.92 Å². The van der Waals surface area contributed by atoms with Crippen LogP contribution in [0.5, 0.6) is 0 Å². The van der Waals surface area contributed by atoms with Gasteiger partial charge in [-0.05, 0) is 45.7 Å². The lowest BCUT2D eigenvalue weighted by Gasteiger charge is -2.35. The molecule has 0 bridgehead atoms. The van der Waals surface area contributed by atoms with E-state index in [1.807, 2.05) is 23.4 Å². The topological polar surface area (TPSA) is 38.9 Å². The molecule has 0 unspecified atom stereocenters. The maximum atomic E-state index is 4.37. The second-order valence-electron chi connectivity index (χ2n) is 6.58. The normalized spacial score (nSPS) is 18.7. The standard InChI is InChI=1S/C17H27N5/c1-4-22-12-16(9-19-22)17-10-18-13-21(17)11-15(3)20-7-5-14(2)6-8-20/h9-10,12-15H,4-8,11H2,1-3H3/t15-/m1/s1. The summed E-state index contributed by atoms with van der Waals surface area (Å²) in [5.74, 6) is 0.882. The molecular formula is C17H27N5. The second kappa shape index (κ2) is 6.65. The zero-order chi connectivity index (χ0) is 15.5. The van der Waals surface area contributed by atoms with E-state index in [-0.39, 0.29) is 0 Å². The van der Waals surface area contributed by atoms with Crippen molar-refractivity contribution in [1.29, 1.82) is 0 Å². The van der Waals surface area contributed by atoms with Gasteiger partial charge in [0.25, 0.3) is 0 Å². The van der Waals surface area contributed by atoms with Gasteiger partial charge in [0, 0.05) is 30.9 Å². The van der Waals surface area contributed by atoms with Crippen LogP contribution in [0.1, 0.15) is 33.6 Å². The number of aromatic nitrogens is 4. The Labute approximate surface area is 133 Å². The van der Waals surface area contributed by atoms with Gasteiger partial charge >= 0.3 is 0 Å². The first kappa shape index (κ1) is 15.3. The maximum Gasteiger partial charge on any atom is 0.0951 e. The van der Waals surface area contributed by atoms with Gasteiger partial charge < -0.3 is 4.57 Å². The van der Waals surface area contributed by atoms with Crippen molar-refractivity contribution >= 4 is 0 Å². The maximum absolute atomic E-state index is 4.37. The average molecular weight is 301 g/mol.